The molecule has 4 heterocycles. The lowest BCUT2D eigenvalue weighted by molar-refractivity contribution is 0.755. The molecule has 4 aromatic heterocycles. The molecule has 0 amide bonds. The summed E-state index contributed by atoms with van der Waals surface area (Å²) in [5.41, 5.74) is 17.4. The summed E-state index contributed by atoms with van der Waals surface area (Å²) in [4.78, 5) is 39.4. The van der Waals surface area contributed by atoms with Crippen LogP contribution in [0.5, 0.6) is 0 Å². The van der Waals surface area contributed by atoms with Crippen LogP contribution in [0.25, 0.3) is 90.8 Å². The van der Waals surface area contributed by atoms with Crippen LogP contribution in [-0.2, 0) is 0 Å². The van der Waals surface area contributed by atoms with Crippen LogP contribution in [0.3, 0.4) is 0 Å². The molecule has 2 unspecified atom stereocenters. The van der Waals surface area contributed by atoms with Crippen molar-refractivity contribution in [3.8, 4) is 90.8 Å². The average Bonchev–Trinajstić information content (AvgIpc) is 3.43. The Labute approximate surface area is 392 Å². The third kappa shape index (κ3) is 6.77. The molecule has 14 rings (SSSR count). The molecule has 8 heteroatoms. The van der Waals surface area contributed by atoms with Crippen LogP contribution in [0.2, 0.25) is 0 Å². The fraction of sp³-hybridized carbons (Fsp3) is 0.0333. The molecule has 2 atom stereocenters. The van der Waals surface area contributed by atoms with E-state index in [1.807, 2.05) is 97.1 Å². The van der Waals surface area contributed by atoms with Crippen LogP contribution in [0, 0.1) is 0 Å². The Hall–Kier alpha value is -9.14. The van der Waals surface area contributed by atoms with E-state index in [0.717, 1.165) is 44.5 Å². The van der Waals surface area contributed by atoms with Gasteiger partial charge in [0, 0.05) is 46.5 Å². The van der Waals surface area contributed by atoms with E-state index in [1.54, 1.807) is 12.4 Å². The molecule has 68 heavy (non-hydrogen) atoms. The fourth-order valence-corrected chi connectivity index (χ4v) is 10.1. The molecule has 11 aromatic rings. The molecule has 8 nitrogen and oxygen atoms in total. The summed E-state index contributed by atoms with van der Waals surface area (Å²) >= 11 is 0. The first kappa shape index (κ1) is 39.2. The lowest BCUT2D eigenvalue weighted by atomic mass is 9.60. The molecule has 0 spiro atoms. The molecule has 0 aliphatic heterocycles. The Morgan fingerprint density at radius 2 is 0.588 bits per heavy atom. The predicted octanol–water partition coefficient (Wildman–Crippen LogP) is 13.2. The number of rotatable bonds is 8. The molecular weight excluding hydrogens is 833 g/mol. The normalized spacial score (nSPS) is 14.2. The topological polar surface area (TPSA) is 103 Å². The van der Waals surface area contributed by atoms with Crippen LogP contribution in [0.1, 0.15) is 45.2 Å². The van der Waals surface area contributed by atoms with Crippen LogP contribution in [0.15, 0.2) is 219 Å². The minimum atomic E-state index is 0.0492. The standard InChI is InChI=1S/C60H38N8/c1-3-17-37(18-4-1)55-63-57(67-59(65-55)51-27-13-15-33-61-51)47-25-11-7-21-41(47)39-29-31-45-49(35-39)53-43-23-9-10-24-44(43)54(45)50-36-40(30-32-46(50)53)42-22-8-12-26-48(42)58-64-56(38-19-5-2-6-20-38)66-60(68-58)52-28-14-16-34-62-52/h1-36,53-54H. The van der Waals surface area contributed by atoms with E-state index in [4.69, 9.17) is 29.9 Å². The van der Waals surface area contributed by atoms with Crippen molar-refractivity contribution in [2.24, 2.45) is 0 Å². The zero-order valence-corrected chi connectivity index (χ0v) is 36.5. The van der Waals surface area contributed by atoms with Gasteiger partial charge < -0.3 is 0 Å². The first-order valence-electron chi connectivity index (χ1n) is 22.7. The van der Waals surface area contributed by atoms with Crippen LogP contribution in [-0.4, -0.2) is 39.9 Å². The van der Waals surface area contributed by atoms with E-state index in [9.17, 15) is 0 Å². The second-order valence-corrected chi connectivity index (χ2v) is 17.0. The van der Waals surface area contributed by atoms with Crippen LogP contribution >= 0.6 is 0 Å². The second kappa shape index (κ2) is 16.4. The van der Waals surface area contributed by atoms with Crippen LogP contribution < -0.4 is 0 Å². The highest BCUT2D eigenvalue weighted by Crippen LogP contribution is 2.57. The van der Waals surface area contributed by atoms with Crippen molar-refractivity contribution in [2.75, 3.05) is 0 Å². The highest BCUT2D eigenvalue weighted by molar-refractivity contribution is 5.86. The minimum absolute atomic E-state index is 0.0492. The van der Waals surface area contributed by atoms with Crippen molar-refractivity contribution in [2.45, 2.75) is 11.8 Å². The Morgan fingerprint density at radius 3 is 1.01 bits per heavy atom. The van der Waals surface area contributed by atoms with E-state index in [0.29, 0.717) is 46.3 Å². The number of benzene rings is 7. The quantitative estimate of drug-likeness (QED) is 0.149. The molecule has 0 N–H and O–H groups in total. The van der Waals surface area contributed by atoms with E-state index in [2.05, 4.69) is 119 Å². The van der Waals surface area contributed by atoms with E-state index in [-0.39, 0.29) is 11.8 Å². The minimum Gasteiger partial charge on any atom is -0.253 e. The Balaban J connectivity index is 0.918. The lowest BCUT2D eigenvalue weighted by Gasteiger charge is -2.42. The van der Waals surface area contributed by atoms with E-state index in [1.165, 1.54) is 33.4 Å². The highest BCUT2D eigenvalue weighted by Gasteiger charge is 2.41. The molecule has 318 valence electrons. The molecule has 2 bridgehead atoms. The van der Waals surface area contributed by atoms with Gasteiger partial charge in [-0.1, -0.05) is 170 Å². The van der Waals surface area contributed by atoms with Gasteiger partial charge in [0.15, 0.2) is 34.9 Å². The van der Waals surface area contributed by atoms with Crippen molar-refractivity contribution >= 4 is 0 Å². The largest absolute Gasteiger partial charge is 0.253 e. The molecule has 0 saturated carbocycles. The smallest absolute Gasteiger partial charge is 0.182 e. The SMILES string of the molecule is c1ccc(-c2nc(-c3ccccn3)nc(-c3ccccc3-c3ccc4c(c3)C3c5ccccc5C4c4cc(-c5ccccc5-c5nc(-c6ccccc6)nc(-c6ccccn6)n5)ccc43)n2)cc1. The zero-order valence-electron chi connectivity index (χ0n) is 36.5. The Kier molecular flexibility index (Phi) is 9.45. The number of pyridine rings is 2. The Bertz CT molecular complexity index is 3330. The first-order valence-corrected chi connectivity index (χ1v) is 22.7. The maximum atomic E-state index is 5.10. The van der Waals surface area contributed by atoms with E-state index >= 15 is 0 Å². The molecule has 3 aliphatic carbocycles. The van der Waals surface area contributed by atoms with Gasteiger partial charge in [-0.15, -0.1) is 0 Å². The zero-order chi connectivity index (χ0) is 45.0. The molecular formula is C60H38N8. The van der Waals surface area contributed by atoms with Crippen LogP contribution in [0.4, 0.5) is 0 Å². The van der Waals surface area contributed by atoms with Gasteiger partial charge in [-0.2, -0.15) is 0 Å². The van der Waals surface area contributed by atoms with Crippen molar-refractivity contribution in [1.82, 2.24) is 39.9 Å². The third-order valence-electron chi connectivity index (χ3n) is 13.1. The van der Waals surface area contributed by atoms with Crippen molar-refractivity contribution in [3.05, 3.63) is 252 Å². The average molecular weight is 871 g/mol. The third-order valence-corrected chi connectivity index (χ3v) is 13.1. The van der Waals surface area contributed by atoms with Gasteiger partial charge in [0.25, 0.3) is 0 Å². The van der Waals surface area contributed by atoms with Gasteiger partial charge in [0.1, 0.15) is 11.4 Å². The maximum Gasteiger partial charge on any atom is 0.182 e. The molecule has 0 saturated heterocycles. The van der Waals surface area contributed by atoms with Gasteiger partial charge in [-0.25, -0.2) is 29.9 Å². The Morgan fingerprint density at radius 1 is 0.235 bits per heavy atom. The number of aromatic nitrogens is 8. The summed E-state index contributed by atoms with van der Waals surface area (Å²) < 4.78 is 0. The van der Waals surface area contributed by atoms with Crippen molar-refractivity contribution < 1.29 is 0 Å². The van der Waals surface area contributed by atoms with Crippen molar-refractivity contribution in [1.29, 1.82) is 0 Å². The van der Waals surface area contributed by atoms with Gasteiger partial charge in [0.2, 0.25) is 0 Å². The maximum absolute atomic E-state index is 5.10. The number of hydrogen-bond donors (Lipinski definition) is 0. The summed E-state index contributed by atoms with van der Waals surface area (Å²) in [6, 6.07) is 71.5. The molecule has 0 fully saturated rings. The molecule has 3 aliphatic rings. The summed E-state index contributed by atoms with van der Waals surface area (Å²) in [7, 11) is 0. The number of hydrogen-bond acceptors (Lipinski definition) is 8. The fourth-order valence-electron chi connectivity index (χ4n) is 10.1. The highest BCUT2D eigenvalue weighted by atomic mass is 15.1. The first-order chi connectivity index (χ1) is 33.7. The van der Waals surface area contributed by atoms with Gasteiger partial charge in [-0.3, -0.25) is 9.97 Å². The predicted molar refractivity (Wildman–Crippen MR) is 267 cm³/mol. The van der Waals surface area contributed by atoms with Crippen molar-refractivity contribution in [3.63, 3.8) is 0 Å². The van der Waals surface area contributed by atoms with Gasteiger partial charge in [0.05, 0.1) is 0 Å². The summed E-state index contributed by atoms with van der Waals surface area (Å²) in [5.74, 6) is 3.55. The number of nitrogens with zero attached hydrogens (tertiary/aromatic N) is 8. The summed E-state index contributed by atoms with van der Waals surface area (Å²) in [6.45, 7) is 0. The second-order valence-electron chi connectivity index (χ2n) is 17.0. The summed E-state index contributed by atoms with van der Waals surface area (Å²) in [6.07, 6.45) is 3.54. The summed E-state index contributed by atoms with van der Waals surface area (Å²) in [5, 5.41) is 0. The van der Waals surface area contributed by atoms with Gasteiger partial charge in [-0.05, 0) is 92.0 Å². The molecule has 7 aromatic carbocycles. The monoisotopic (exact) mass is 870 g/mol. The molecule has 0 radical (unpaired) electrons. The lowest BCUT2D eigenvalue weighted by Crippen LogP contribution is -2.27. The van der Waals surface area contributed by atoms with E-state index < -0.39 is 0 Å². The van der Waals surface area contributed by atoms with Gasteiger partial charge >= 0.3 is 0 Å².